The van der Waals surface area contributed by atoms with Crippen LogP contribution < -0.4 is 4.74 Å². The minimum atomic E-state index is 0.0432. The first-order valence-corrected chi connectivity index (χ1v) is 12.0. The number of methoxy groups -OCH3 is 2. The number of hydrogen-bond acceptors (Lipinski definition) is 6. The third-order valence-electron chi connectivity index (χ3n) is 6.02. The molecule has 4 aromatic rings. The molecule has 0 spiro atoms. The molecule has 0 atom stereocenters. The zero-order chi connectivity index (χ0) is 22.9. The second-order valence-corrected chi connectivity index (χ2v) is 9.51. The summed E-state index contributed by atoms with van der Waals surface area (Å²) in [6.07, 6.45) is 0. The van der Waals surface area contributed by atoms with Crippen LogP contribution in [0, 0.1) is 0 Å². The van der Waals surface area contributed by atoms with E-state index in [1.165, 1.54) is 0 Å². The molecule has 0 aliphatic carbocycles. The van der Waals surface area contributed by atoms with E-state index in [1.54, 1.807) is 25.6 Å². The lowest BCUT2D eigenvalue weighted by atomic mass is 10.1. The van der Waals surface area contributed by atoms with Gasteiger partial charge in [0.05, 0.1) is 28.7 Å². The Morgan fingerprint density at radius 1 is 1.12 bits per heavy atom. The lowest BCUT2D eigenvalue weighted by Crippen LogP contribution is -2.49. The van der Waals surface area contributed by atoms with E-state index in [0.717, 1.165) is 62.5 Å². The number of carbonyl (C=O) groups is 1. The highest BCUT2D eigenvalue weighted by atomic mass is 35.5. The molecule has 0 unspecified atom stereocenters. The Balaban J connectivity index is 1.52. The van der Waals surface area contributed by atoms with Crippen molar-refractivity contribution >= 4 is 44.0 Å². The first-order valence-electron chi connectivity index (χ1n) is 10.8. The lowest BCUT2D eigenvalue weighted by Gasteiger charge is -2.34. The van der Waals surface area contributed by atoms with Crippen molar-refractivity contribution in [3.63, 3.8) is 0 Å². The Morgan fingerprint density at radius 2 is 1.94 bits per heavy atom. The molecule has 2 aromatic heterocycles. The van der Waals surface area contributed by atoms with Gasteiger partial charge in [0.1, 0.15) is 12.4 Å². The molecule has 7 nitrogen and oxygen atoms in total. The quantitative estimate of drug-likeness (QED) is 0.411. The molecule has 9 heteroatoms. The maximum Gasteiger partial charge on any atom is 0.248 e. The van der Waals surface area contributed by atoms with E-state index in [0.29, 0.717) is 13.1 Å². The first-order chi connectivity index (χ1) is 16.1. The minimum absolute atomic E-state index is 0.0432. The molecule has 1 amide bonds. The second kappa shape index (κ2) is 9.30. The number of fused-ring (bicyclic) bond motifs is 3. The van der Waals surface area contributed by atoms with Crippen LogP contribution in [0.25, 0.3) is 26.4 Å². The molecule has 0 bridgehead atoms. The third kappa shape index (κ3) is 4.31. The fourth-order valence-corrected chi connectivity index (χ4v) is 5.65. The number of thiazole rings is 1. The van der Waals surface area contributed by atoms with Gasteiger partial charge in [-0.25, -0.2) is 4.98 Å². The smallest absolute Gasteiger partial charge is 0.248 e. The number of carbonyl (C=O) groups excluding carboxylic acids is 1. The molecular formula is C24H25ClN4O3S. The standard InChI is InChI=1S/C24H25ClN4O3S/c1-31-15-22(30)28-10-8-27(9-11-28)14-20-23(16-4-3-5-18(12-16)32-2)26-24-29(20)19-7-6-17(25)13-21(19)33-24/h3-7,12-13H,8-11,14-15H2,1-2H3. The number of amides is 1. The Morgan fingerprint density at radius 3 is 2.70 bits per heavy atom. The zero-order valence-electron chi connectivity index (χ0n) is 18.6. The molecule has 0 N–H and O–H groups in total. The largest absolute Gasteiger partial charge is 0.497 e. The van der Waals surface area contributed by atoms with Crippen LogP contribution in [0.4, 0.5) is 0 Å². The van der Waals surface area contributed by atoms with Gasteiger partial charge in [0.25, 0.3) is 0 Å². The average Bonchev–Trinajstić information content (AvgIpc) is 3.35. The van der Waals surface area contributed by atoms with Crippen molar-refractivity contribution < 1.29 is 14.3 Å². The molecule has 1 aliphatic heterocycles. The van der Waals surface area contributed by atoms with Crippen LogP contribution in [-0.2, 0) is 16.1 Å². The van der Waals surface area contributed by atoms with E-state index >= 15 is 0 Å². The van der Waals surface area contributed by atoms with Crippen LogP contribution in [0.3, 0.4) is 0 Å². The van der Waals surface area contributed by atoms with Crippen LogP contribution in [-0.4, -0.2) is 72.1 Å². The van der Waals surface area contributed by atoms with Crippen LogP contribution in [0.15, 0.2) is 42.5 Å². The predicted molar refractivity (Wildman–Crippen MR) is 131 cm³/mol. The summed E-state index contributed by atoms with van der Waals surface area (Å²) in [5.41, 5.74) is 4.21. The van der Waals surface area contributed by atoms with E-state index in [9.17, 15) is 4.79 Å². The van der Waals surface area contributed by atoms with E-state index in [4.69, 9.17) is 26.1 Å². The van der Waals surface area contributed by atoms with Crippen molar-refractivity contribution in [1.29, 1.82) is 0 Å². The van der Waals surface area contributed by atoms with Gasteiger partial charge in [0.15, 0.2) is 4.96 Å². The highest BCUT2D eigenvalue weighted by Crippen LogP contribution is 2.35. The molecule has 33 heavy (non-hydrogen) atoms. The molecule has 1 saturated heterocycles. The van der Waals surface area contributed by atoms with Crippen molar-refractivity contribution in [3.8, 4) is 17.0 Å². The number of imidazole rings is 1. The highest BCUT2D eigenvalue weighted by Gasteiger charge is 2.25. The van der Waals surface area contributed by atoms with Crippen LogP contribution in [0.2, 0.25) is 5.02 Å². The lowest BCUT2D eigenvalue weighted by molar-refractivity contribution is -0.136. The molecule has 172 valence electrons. The Labute approximate surface area is 201 Å². The Kier molecular flexibility index (Phi) is 6.25. The molecule has 2 aromatic carbocycles. The summed E-state index contributed by atoms with van der Waals surface area (Å²) in [6.45, 7) is 3.85. The van der Waals surface area contributed by atoms with E-state index < -0.39 is 0 Å². The van der Waals surface area contributed by atoms with E-state index in [1.807, 2.05) is 35.2 Å². The van der Waals surface area contributed by atoms with Crippen molar-refractivity contribution in [2.45, 2.75) is 6.54 Å². The zero-order valence-corrected chi connectivity index (χ0v) is 20.2. The summed E-state index contributed by atoms with van der Waals surface area (Å²) in [4.78, 5) is 22.4. The molecule has 1 aliphatic rings. The van der Waals surface area contributed by atoms with E-state index in [-0.39, 0.29) is 12.5 Å². The minimum Gasteiger partial charge on any atom is -0.497 e. The number of aromatic nitrogens is 2. The monoisotopic (exact) mass is 484 g/mol. The summed E-state index contributed by atoms with van der Waals surface area (Å²) < 4.78 is 13.8. The average molecular weight is 485 g/mol. The fourth-order valence-electron chi connectivity index (χ4n) is 4.33. The first kappa shape index (κ1) is 22.2. The number of benzene rings is 2. The number of halogens is 1. The van der Waals surface area contributed by atoms with E-state index in [2.05, 4.69) is 21.4 Å². The molecule has 1 fully saturated rings. The molecule has 5 rings (SSSR count). The topological polar surface area (TPSA) is 59.3 Å². The fraction of sp³-hybridized carbons (Fsp3) is 0.333. The van der Waals surface area contributed by atoms with Gasteiger partial charge in [-0.3, -0.25) is 14.1 Å². The Bertz CT molecular complexity index is 1310. The Hall–Kier alpha value is -2.65. The van der Waals surface area contributed by atoms with Crippen molar-refractivity contribution in [2.75, 3.05) is 47.0 Å². The van der Waals surface area contributed by atoms with Crippen LogP contribution in [0.1, 0.15) is 5.69 Å². The number of rotatable bonds is 6. The maximum absolute atomic E-state index is 12.2. The van der Waals surface area contributed by atoms with Crippen molar-refractivity contribution in [1.82, 2.24) is 19.2 Å². The SMILES string of the molecule is COCC(=O)N1CCN(Cc2c(-c3cccc(OC)c3)nc3sc4cc(Cl)ccc4n23)CC1. The maximum atomic E-state index is 12.2. The molecule has 3 heterocycles. The molecule has 0 saturated carbocycles. The highest BCUT2D eigenvalue weighted by molar-refractivity contribution is 7.23. The van der Waals surface area contributed by atoms with Crippen LogP contribution in [0.5, 0.6) is 5.75 Å². The van der Waals surface area contributed by atoms with Gasteiger partial charge in [0, 0.05) is 50.4 Å². The normalized spacial score (nSPS) is 14.9. The van der Waals surface area contributed by atoms with Gasteiger partial charge < -0.3 is 14.4 Å². The predicted octanol–water partition coefficient (Wildman–Crippen LogP) is 4.17. The van der Waals surface area contributed by atoms with Gasteiger partial charge in [-0.15, -0.1) is 0 Å². The van der Waals surface area contributed by atoms with Gasteiger partial charge in [-0.05, 0) is 30.3 Å². The van der Waals surface area contributed by atoms with Crippen molar-refractivity contribution in [2.24, 2.45) is 0 Å². The number of nitrogens with zero attached hydrogens (tertiary/aromatic N) is 4. The summed E-state index contributed by atoms with van der Waals surface area (Å²) in [7, 11) is 3.23. The summed E-state index contributed by atoms with van der Waals surface area (Å²) in [5, 5.41) is 0.721. The van der Waals surface area contributed by atoms with Crippen LogP contribution >= 0.6 is 22.9 Å². The van der Waals surface area contributed by atoms with Gasteiger partial charge in [-0.1, -0.05) is 35.1 Å². The van der Waals surface area contributed by atoms with Gasteiger partial charge in [0.2, 0.25) is 5.91 Å². The third-order valence-corrected chi connectivity index (χ3v) is 7.25. The summed E-state index contributed by atoms with van der Waals surface area (Å²) in [5.74, 6) is 0.846. The molecular weight excluding hydrogens is 460 g/mol. The van der Waals surface area contributed by atoms with Crippen molar-refractivity contribution in [3.05, 3.63) is 53.2 Å². The van der Waals surface area contributed by atoms with Gasteiger partial charge in [-0.2, -0.15) is 0 Å². The molecule has 0 radical (unpaired) electrons. The summed E-state index contributed by atoms with van der Waals surface area (Å²) in [6, 6.07) is 14.0. The number of hydrogen-bond donors (Lipinski definition) is 0. The van der Waals surface area contributed by atoms with Gasteiger partial charge >= 0.3 is 0 Å². The number of ether oxygens (including phenoxy) is 2. The summed E-state index contributed by atoms with van der Waals surface area (Å²) >= 11 is 7.88. The second-order valence-electron chi connectivity index (χ2n) is 8.06. The number of piperazine rings is 1.